The van der Waals surface area contributed by atoms with Crippen LogP contribution < -0.4 is 10.6 Å². The molecule has 2 rings (SSSR count). The van der Waals surface area contributed by atoms with Crippen molar-refractivity contribution in [2.45, 2.75) is 27.7 Å². The highest BCUT2D eigenvalue weighted by Gasteiger charge is 2.26. The number of hydrogen-bond donors (Lipinski definition) is 2. The van der Waals surface area contributed by atoms with E-state index >= 15 is 0 Å². The van der Waals surface area contributed by atoms with Crippen LogP contribution in [0.1, 0.15) is 34.6 Å². The third kappa shape index (κ3) is 3.44. The van der Waals surface area contributed by atoms with Crippen LogP contribution in [0.5, 0.6) is 0 Å². The van der Waals surface area contributed by atoms with Crippen molar-refractivity contribution < 1.29 is 9.59 Å². The van der Waals surface area contributed by atoms with Gasteiger partial charge in [-0.3, -0.25) is 9.59 Å². The number of thiophene rings is 1. The van der Waals surface area contributed by atoms with Crippen LogP contribution in [0.3, 0.4) is 0 Å². The Morgan fingerprint density at radius 3 is 2.43 bits per heavy atom. The third-order valence-corrected chi connectivity index (χ3v) is 4.89. The molecule has 1 aromatic heterocycles. The lowest BCUT2D eigenvalue weighted by atomic mass is 10.1. The second kappa shape index (κ2) is 6.58. The van der Waals surface area contributed by atoms with E-state index in [0.29, 0.717) is 23.7 Å². The van der Waals surface area contributed by atoms with Crippen LogP contribution in [0.2, 0.25) is 0 Å². The van der Waals surface area contributed by atoms with E-state index in [0.717, 1.165) is 23.5 Å². The number of carbonyl (C=O) groups is 2. The van der Waals surface area contributed by atoms with Crippen LogP contribution >= 0.6 is 11.3 Å². The summed E-state index contributed by atoms with van der Waals surface area (Å²) in [5.41, 5.74) is 1.64. The zero-order valence-electron chi connectivity index (χ0n) is 13.1. The summed E-state index contributed by atoms with van der Waals surface area (Å²) < 4.78 is 0. The number of hydrogen-bond acceptors (Lipinski definition) is 4. The normalized spacial score (nSPS) is 15.4. The molecular weight excluding hydrogens is 286 g/mol. The summed E-state index contributed by atoms with van der Waals surface area (Å²) in [6, 6.07) is 0. The Hall–Kier alpha value is -1.40. The average Bonchev–Trinajstić information content (AvgIpc) is 2.74. The van der Waals surface area contributed by atoms with Crippen molar-refractivity contribution in [3.05, 3.63) is 16.0 Å². The van der Waals surface area contributed by atoms with Gasteiger partial charge in [0.2, 0.25) is 5.91 Å². The van der Waals surface area contributed by atoms with E-state index in [1.54, 1.807) is 0 Å². The molecule has 0 bridgehead atoms. The van der Waals surface area contributed by atoms with Gasteiger partial charge in [-0.1, -0.05) is 13.8 Å². The summed E-state index contributed by atoms with van der Waals surface area (Å²) in [6.45, 7) is 10.7. The van der Waals surface area contributed by atoms with Crippen molar-refractivity contribution in [3.8, 4) is 0 Å². The highest BCUT2D eigenvalue weighted by Crippen LogP contribution is 2.33. The maximum atomic E-state index is 12.8. The summed E-state index contributed by atoms with van der Waals surface area (Å²) in [5.74, 6) is -0.127. The number of rotatable bonds is 3. The molecule has 1 saturated heterocycles. The number of carbonyl (C=O) groups excluding carboxylic acids is 2. The molecule has 2 heterocycles. The molecule has 5 nitrogen and oxygen atoms in total. The number of aryl methyl sites for hydroxylation is 1. The number of nitrogens with zero attached hydrogens (tertiary/aromatic N) is 1. The fraction of sp³-hybridized carbons (Fsp3) is 0.600. The summed E-state index contributed by atoms with van der Waals surface area (Å²) in [7, 11) is 0. The topological polar surface area (TPSA) is 61.4 Å². The molecule has 116 valence electrons. The van der Waals surface area contributed by atoms with E-state index in [-0.39, 0.29) is 17.7 Å². The minimum absolute atomic E-state index is 0.0254. The second-order valence-corrected chi connectivity index (χ2v) is 6.90. The molecule has 0 aliphatic carbocycles. The Labute approximate surface area is 129 Å². The first kappa shape index (κ1) is 16.0. The molecule has 0 unspecified atom stereocenters. The van der Waals surface area contributed by atoms with Gasteiger partial charge in [-0.05, 0) is 19.4 Å². The summed E-state index contributed by atoms with van der Waals surface area (Å²) in [6.07, 6.45) is 0. The lowest BCUT2D eigenvalue weighted by molar-refractivity contribution is -0.118. The molecule has 6 heteroatoms. The van der Waals surface area contributed by atoms with Crippen molar-refractivity contribution in [1.82, 2.24) is 10.2 Å². The highest BCUT2D eigenvalue weighted by molar-refractivity contribution is 7.16. The second-order valence-electron chi connectivity index (χ2n) is 5.67. The zero-order chi connectivity index (χ0) is 15.6. The smallest absolute Gasteiger partial charge is 0.257 e. The number of amides is 2. The van der Waals surface area contributed by atoms with Crippen LogP contribution in [-0.2, 0) is 4.79 Å². The fourth-order valence-corrected chi connectivity index (χ4v) is 3.31. The maximum absolute atomic E-state index is 12.8. The van der Waals surface area contributed by atoms with Gasteiger partial charge in [0.25, 0.3) is 5.91 Å². The molecule has 1 aliphatic rings. The molecular formula is C15H23N3O2S. The van der Waals surface area contributed by atoms with Crippen molar-refractivity contribution >= 4 is 28.2 Å². The van der Waals surface area contributed by atoms with Gasteiger partial charge in [0, 0.05) is 37.0 Å². The first-order valence-corrected chi connectivity index (χ1v) is 8.14. The van der Waals surface area contributed by atoms with Crippen LogP contribution in [0.4, 0.5) is 5.00 Å². The average molecular weight is 309 g/mol. The predicted octanol–water partition coefficient (Wildman–Crippen LogP) is 2.00. The molecule has 2 N–H and O–H groups in total. The predicted molar refractivity (Wildman–Crippen MR) is 86.0 cm³/mol. The van der Waals surface area contributed by atoms with Gasteiger partial charge in [0.15, 0.2) is 0 Å². The van der Waals surface area contributed by atoms with Crippen molar-refractivity contribution in [3.63, 3.8) is 0 Å². The molecule has 1 fully saturated rings. The molecule has 0 spiro atoms. The van der Waals surface area contributed by atoms with Crippen LogP contribution in [-0.4, -0.2) is 42.9 Å². The molecule has 0 aromatic carbocycles. The van der Waals surface area contributed by atoms with E-state index in [2.05, 4.69) is 10.6 Å². The lowest BCUT2D eigenvalue weighted by Crippen LogP contribution is -2.46. The number of nitrogens with one attached hydrogen (secondary N) is 2. The summed E-state index contributed by atoms with van der Waals surface area (Å²) >= 11 is 1.48. The van der Waals surface area contributed by atoms with E-state index in [1.807, 2.05) is 32.6 Å². The standard InChI is InChI=1S/C15H23N3O2S/c1-9(2)13(19)17-14-12(10(3)11(4)21-14)15(20)18-7-5-16-6-8-18/h9,16H,5-8H2,1-4H3,(H,17,19). The Morgan fingerprint density at radius 2 is 1.86 bits per heavy atom. The minimum Gasteiger partial charge on any atom is -0.336 e. The molecule has 0 radical (unpaired) electrons. The SMILES string of the molecule is Cc1sc(NC(=O)C(C)C)c(C(=O)N2CCNCC2)c1C. The van der Waals surface area contributed by atoms with E-state index < -0.39 is 0 Å². The zero-order valence-corrected chi connectivity index (χ0v) is 13.9. The summed E-state index contributed by atoms with van der Waals surface area (Å²) in [5, 5.41) is 6.84. The molecule has 21 heavy (non-hydrogen) atoms. The Balaban J connectivity index is 2.28. The first-order valence-electron chi connectivity index (χ1n) is 7.32. The Morgan fingerprint density at radius 1 is 1.24 bits per heavy atom. The highest BCUT2D eigenvalue weighted by atomic mass is 32.1. The van der Waals surface area contributed by atoms with Gasteiger partial charge in [0.05, 0.1) is 5.56 Å². The van der Waals surface area contributed by atoms with Gasteiger partial charge in [0.1, 0.15) is 5.00 Å². The fourth-order valence-electron chi connectivity index (χ4n) is 2.25. The monoisotopic (exact) mass is 309 g/mol. The van der Waals surface area contributed by atoms with E-state index in [4.69, 9.17) is 0 Å². The molecule has 1 aliphatic heterocycles. The van der Waals surface area contributed by atoms with E-state index in [1.165, 1.54) is 11.3 Å². The quantitative estimate of drug-likeness (QED) is 0.898. The van der Waals surface area contributed by atoms with Crippen molar-refractivity contribution in [2.24, 2.45) is 5.92 Å². The van der Waals surface area contributed by atoms with Gasteiger partial charge >= 0.3 is 0 Å². The first-order chi connectivity index (χ1) is 9.91. The third-order valence-electron chi connectivity index (χ3n) is 3.76. The molecule has 2 amide bonds. The van der Waals surface area contributed by atoms with Gasteiger partial charge in [-0.2, -0.15) is 0 Å². The minimum atomic E-state index is -0.102. The maximum Gasteiger partial charge on any atom is 0.257 e. The van der Waals surface area contributed by atoms with E-state index in [9.17, 15) is 9.59 Å². The van der Waals surface area contributed by atoms with Crippen molar-refractivity contribution in [1.29, 1.82) is 0 Å². The Kier molecular flexibility index (Phi) is 5.00. The van der Waals surface area contributed by atoms with Gasteiger partial charge < -0.3 is 15.5 Å². The van der Waals surface area contributed by atoms with Crippen molar-refractivity contribution in [2.75, 3.05) is 31.5 Å². The molecule has 0 saturated carbocycles. The van der Waals surface area contributed by atoms with Crippen LogP contribution in [0.25, 0.3) is 0 Å². The largest absolute Gasteiger partial charge is 0.336 e. The number of anilines is 1. The molecule has 0 atom stereocenters. The summed E-state index contributed by atoms with van der Waals surface area (Å²) in [4.78, 5) is 27.6. The Bertz CT molecular complexity index is 545. The van der Waals surface area contributed by atoms with Crippen LogP contribution in [0, 0.1) is 19.8 Å². The van der Waals surface area contributed by atoms with Gasteiger partial charge in [-0.25, -0.2) is 0 Å². The number of piperazine rings is 1. The molecule has 1 aromatic rings. The lowest BCUT2D eigenvalue weighted by Gasteiger charge is -2.28. The van der Waals surface area contributed by atoms with Crippen LogP contribution in [0.15, 0.2) is 0 Å². The van der Waals surface area contributed by atoms with Gasteiger partial charge in [-0.15, -0.1) is 11.3 Å².